The van der Waals surface area contributed by atoms with Crippen molar-refractivity contribution in [3.05, 3.63) is 70.3 Å². The molecule has 0 aliphatic heterocycles. The first-order valence-electron chi connectivity index (χ1n) is 9.61. The Balaban J connectivity index is 2.00. The molecular formula is C20H26N4O5S. The second-order valence-corrected chi connectivity index (χ2v) is 8.24. The molecule has 1 unspecified atom stereocenters. The molecule has 2 rings (SSSR count). The van der Waals surface area contributed by atoms with Crippen LogP contribution in [0.3, 0.4) is 0 Å². The number of sulfonamides is 1. The Kier molecular flexibility index (Phi) is 8.46. The minimum absolute atomic E-state index is 0.0451. The smallest absolute Gasteiger partial charge is 0.270 e. The molecule has 0 fully saturated rings. The van der Waals surface area contributed by atoms with E-state index in [-0.39, 0.29) is 29.6 Å². The second kappa shape index (κ2) is 10.8. The number of likely N-dealkylation sites (N-methyl/N-ethyl adjacent to an activating group) is 1. The third-order valence-electron chi connectivity index (χ3n) is 4.60. The van der Waals surface area contributed by atoms with Crippen LogP contribution in [-0.4, -0.2) is 50.3 Å². The van der Waals surface area contributed by atoms with E-state index in [2.05, 4.69) is 10.0 Å². The Morgan fingerprint density at radius 2 is 1.73 bits per heavy atom. The number of nitrogens with one attached hydrogen (secondary N) is 2. The lowest BCUT2D eigenvalue weighted by atomic mass is 10.0. The zero-order valence-electron chi connectivity index (χ0n) is 16.9. The standard InChI is InChI=1S/C20H26N4O5S/c1-3-23(4-2)19(16-9-6-5-7-10-16)20(25)21-13-14-22-30(28,29)18-12-8-11-17(15-18)24(26)27/h5-12,15,19,22H,3-4,13-14H2,1-2H3,(H,21,25). The van der Waals surface area contributed by atoms with Gasteiger partial charge in [-0.1, -0.05) is 50.2 Å². The third-order valence-corrected chi connectivity index (χ3v) is 6.05. The predicted molar refractivity (Wildman–Crippen MR) is 113 cm³/mol. The van der Waals surface area contributed by atoms with E-state index >= 15 is 0 Å². The van der Waals surface area contributed by atoms with Gasteiger partial charge in [0.1, 0.15) is 6.04 Å². The first-order chi connectivity index (χ1) is 14.3. The average molecular weight is 435 g/mol. The van der Waals surface area contributed by atoms with Crippen molar-refractivity contribution in [3.8, 4) is 0 Å². The highest BCUT2D eigenvalue weighted by molar-refractivity contribution is 7.89. The number of nitro groups is 1. The molecule has 162 valence electrons. The van der Waals surface area contributed by atoms with Crippen molar-refractivity contribution in [2.75, 3.05) is 26.2 Å². The van der Waals surface area contributed by atoms with E-state index in [1.807, 2.05) is 49.1 Å². The largest absolute Gasteiger partial charge is 0.353 e. The molecule has 0 aliphatic carbocycles. The van der Waals surface area contributed by atoms with Crippen molar-refractivity contribution >= 4 is 21.6 Å². The van der Waals surface area contributed by atoms with Crippen LogP contribution in [0.2, 0.25) is 0 Å². The third kappa shape index (κ3) is 6.09. The van der Waals surface area contributed by atoms with Crippen LogP contribution in [0.15, 0.2) is 59.5 Å². The quantitative estimate of drug-likeness (QED) is 0.317. The number of nitrogens with zero attached hydrogens (tertiary/aromatic N) is 2. The molecule has 0 aliphatic rings. The molecule has 2 aromatic carbocycles. The first kappa shape index (κ1) is 23.5. The number of nitro benzene ring substituents is 1. The van der Waals surface area contributed by atoms with E-state index in [0.717, 1.165) is 11.6 Å². The maximum absolute atomic E-state index is 12.8. The first-order valence-corrected chi connectivity index (χ1v) is 11.1. The Hall–Kier alpha value is -2.82. The summed E-state index contributed by atoms with van der Waals surface area (Å²) in [4.78, 5) is 24.8. The van der Waals surface area contributed by atoms with Gasteiger partial charge >= 0.3 is 0 Å². The minimum atomic E-state index is -3.93. The number of hydrogen-bond donors (Lipinski definition) is 2. The lowest BCUT2D eigenvalue weighted by Crippen LogP contribution is -2.43. The van der Waals surface area contributed by atoms with Gasteiger partial charge in [-0.25, -0.2) is 13.1 Å². The highest BCUT2D eigenvalue weighted by atomic mass is 32.2. The van der Waals surface area contributed by atoms with Gasteiger partial charge in [-0.3, -0.25) is 19.8 Å². The van der Waals surface area contributed by atoms with Crippen LogP contribution in [0.4, 0.5) is 5.69 Å². The van der Waals surface area contributed by atoms with Gasteiger partial charge < -0.3 is 5.32 Å². The molecule has 0 saturated heterocycles. The molecule has 1 atom stereocenters. The molecule has 9 nitrogen and oxygen atoms in total. The van der Waals surface area contributed by atoms with Crippen LogP contribution in [0, 0.1) is 10.1 Å². The molecule has 0 heterocycles. The molecule has 30 heavy (non-hydrogen) atoms. The highest BCUT2D eigenvalue weighted by Crippen LogP contribution is 2.20. The van der Waals surface area contributed by atoms with Crippen molar-refractivity contribution in [2.24, 2.45) is 0 Å². The van der Waals surface area contributed by atoms with Crippen LogP contribution < -0.4 is 10.0 Å². The summed E-state index contributed by atoms with van der Waals surface area (Å²) in [7, 11) is -3.93. The summed E-state index contributed by atoms with van der Waals surface area (Å²) in [6.07, 6.45) is 0. The number of non-ortho nitro benzene ring substituents is 1. The fraction of sp³-hybridized carbons (Fsp3) is 0.350. The van der Waals surface area contributed by atoms with Crippen molar-refractivity contribution in [3.63, 3.8) is 0 Å². The van der Waals surface area contributed by atoms with Crippen LogP contribution in [0.25, 0.3) is 0 Å². The summed E-state index contributed by atoms with van der Waals surface area (Å²) in [6.45, 7) is 5.35. The van der Waals surface area contributed by atoms with Crippen LogP contribution in [-0.2, 0) is 14.8 Å². The van der Waals surface area contributed by atoms with Gasteiger partial charge in [-0.05, 0) is 24.7 Å². The van der Waals surface area contributed by atoms with Crippen LogP contribution in [0.5, 0.6) is 0 Å². The minimum Gasteiger partial charge on any atom is -0.353 e. The molecule has 2 N–H and O–H groups in total. The maximum Gasteiger partial charge on any atom is 0.270 e. The number of amides is 1. The number of carbonyl (C=O) groups excluding carboxylic acids is 1. The van der Waals surface area contributed by atoms with Gasteiger partial charge in [-0.15, -0.1) is 0 Å². The van der Waals surface area contributed by atoms with E-state index in [9.17, 15) is 23.3 Å². The topological polar surface area (TPSA) is 122 Å². The zero-order valence-corrected chi connectivity index (χ0v) is 17.8. The zero-order chi connectivity index (χ0) is 22.1. The Morgan fingerprint density at radius 1 is 1.07 bits per heavy atom. The van der Waals surface area contributed by atoms with Crippen molar-refractivity contribution in [1.29, 1.82) is 0 Å². The van der Waals surface area contributed by atoms with Crippen molar-refractivity contribution in [2.45, 2.75) is 24.8 Å². The van der Waals surface area contributed by atoms with Gasteiger partial charge in [0.05, 0.1) is 9.82 Å². The normalized spacial score (nSPS) is 12.5. The van der Waals surface area contributed by atoms with E-state index in [0.29, 0.717) is 13.1 Å². The van der Waals surface area contributed by atoms with Crippen molar-refractivity contribution in [1.82, 2.24) is 14.9 Å². The summed E-state index contributed by atoms with van der Waals surface area (Å²) in [6, 6.07) is 13.7. The fourth-order valence-corrected chi connectivity index (χ4v) is 4.14. The highest BCUT2D eigenvalue weighted by Gasteiger charge is 2.25. The average Bonchev–Trinajstić information content (AvgIpc) is 2.75. The Labute approximate surface area is 176 Å². The van der Waals surface area contributed by atoms with Gasteiger partial charge in [-0.2, -0.15) is 0 Å². The molecule has 0 bridgehead atoms. The monoisotopic (exact) mass is 434 g/mol. The summed E-state index contributed by atoms with van der Waals surface area (Å²) in [5.41, 5.74) is 0.548. The van der Waals surface area contributed by atoms with E-state index in [1.54, 1.807) is 0 Å². The number of carbonyl (C=O) groups is 1. The van der Waals surface area contributed by atoms with Gasteiger partial charge in [0.2, 0.25) is 15.9 Å². The molecule has 0 aromatic heterocycles. The second-order valence-electron chi connectivity index (χ2n) is 6.48. The molecule has 1 amide bonds. The van der Waals surface area contributed by atoms with Gasteiger partial charge in [0, 0.05) is 25.2 Å². The van der Waals surface area contributed by atoms with Gasteiger partial charge in [0.15, 0.2) is 0 Å². The lowest BCUT2D eigenvalue weighted by molar-refractivity contribution is -0.385. The van der Waals surface area contributed by atoms with Gasteiger partial charge in [0.25, 0.3) is 5.69 Å². The van der Waals surface area contributed by atoms with Crippen LogP contribution >= 0.6 is 0 Å². The summed E-state index contributed by atoms with van der Waals surface area (Å²) in [5.74, 6) is -0.223. The Bertz CT molecular complexity index is 962. The number of benzene rings is 2. The summed E-state index contributed by atoms with van der Waals surface area (Å²) < 4.78 is 27.1. The fourth-order valence-electron chi connectivity index (χ4n) is 3.07. The molecule has 2 aromatic rings. The molecular weight excluding hydrogens is 408 g/mol. The SMILES string of the molecule is CCN(CC)C(C(=O)NCCNS(=O)(=O)c1cccc([N+](=O)[O-])c1)c1ccccc1. The van der Waals surface area contributed by atoms with Crippen LogP contribution in [0.1, 0.15) is 25.5 Å². The summed E-state index contributed by atoms with van der Waals surface area (Å²) >= 11 is 0. The molecule has 0 radical (unpaired) electrons. The maximum atomic E-state index is 12.8. The molecule has 10 heteroatoms. The summed E-state index contributed by atoms with van der Waals surface area (Å²) in [5, 5.41) is 13.6. The lowest BCUT2D eigenvalue weighted by Gasteiger charge is -2.29. The molecule has 0 spiro atoms. The number of hydrogen-bond acceptors (Lipinski definition) is 6. The van der Waals surface area contributed by atoms with Crippen molar-refractivity contribution < 1.29 is 18.1 Å². The van der Waals surface area contributed by atoms with E-state index in [4.69, 9.17) is 0 Å². The Morgan fingerprint density at radius 3 is 2.33 bits per heavy atom. The molecule has 0 saturated carbocycles. The van der Waals surface area contributed by atoms with E-state index < -0.39 is 21.0 Å². The number of rotatable bonds is 11. The predicted octanol–water partition coefficient (Wildman–Crippen LogP) is 2.07. The van der Waals surface area contributed by atoms with E-state index in [1.165, 1.54) is 18.2 Å².